The number of amides is 1. The van der Waals surface area contributed by atoms with Gasteiger partial charge in [-0.1, -0.05) is 12.1 Å². The Bertz CT molecular complexity index is 1080. The molecule has 0 saturated heterocycles. The zero-order chi connectivity index (χ0) is 22.2. The second kappa shape index (κ2) is 9.92. The SMILES string of the molecule is COc1ccc(NC(=O)COC(=O)c2ccccc2NCc2ccco2)c([N+](=O)[O-])c1. The first-order valence-corrected chi connectivity index (χ1v) is 9.12. The van der Waals surface area contributed by atoms with Gasteiger partial charge < -0.3 is 24.5 Å². The summed E-state index contributed by atoms with van der Waals surface area (Å²) in [6.45, 7) is -0.256. The van der Waals surface area contributed by atoms with E-state index in [2.05, 4.69) is 10.6 Å². The fourth-order valence-electron chi connectivity index (χ4n) is 2.70. The van der Waals surface area contributed by atoms with Gasteiger partial charge in [-0.25, -0.2) is 4.79 Å². The standard InChI is InChI=1S/C21H19N3O7/c1-29-14-8-9-18(19(11-14)24(27)28)23-20(25)13-31-21(26)16-6-2-3-7-17(16)22-12-15-5-4-10-30-15/h2-11,22H,12-13H2,1H3,(H,23,25). The van der Waals surface area contributed by atoms with E-state index in [1.165, 1.54) is 25.3 Å². The zero-order valence-corrected chi connectivity index (χ0v) is 16.5. The molecule has 3 aromatic rings. The first kappa shape index (κ1) is 21.4. The van der Waals surface area contributed by atoms with Crippen LogP contribution in [0, 0.1) is 10.1 Å². The van der Waals surface area contributed by atoms with Crippen LogP contribution in [0.15, 0.2) is 65.3 Å². The highest BCUT2D eigenvalue weighted by Gasteiger charge is 2.19. The molecule has 0 unspecified atom stereocenters. The largest absolute Gasteiger partial charge is 0.496 e. The van der Waals surface area contributed by atoms with E-state index in [1.54, 1.807) is 42.7 Å². The minimum absolute atomic E-state index is 0.0348. The highest BCUT2D eigenvalue weighted by Crippen LogP contribution is 2.29. The Morgan fingerprint density at radius 1 is 1.10 bits per heavy atom. The van der Waals surface area contributed by atoms with E-state index in [4.69, 9.17) is 13.9 Å². The van der Waals surface area contributed by atoms with Crippen molar-refractivity contribution in [2.24, 2.45) is 0 Å². The number of ether oxygens (including phenoxy) is 2. The maximum Gasteiger partial charge on any atom is 0.340 e. The monoisotopic (exact) mass is 425 g/mol. The van der Waals surface area contributed by atoms with Gasteiger partial charge >= 0.3 is 5.97 Å². The Morgan fingerprint density at radius 2 is 1.90 bits per heavy atom. The fourth-order valence-corrected chi connectivity index (χ4v) is 2.70. The number of hydrogen-bond acceptors (Lipinski definition) is 8. The predicted octanol–water partition coefficient (Wildman–Crippen LogP) is 3.60. The molecule has 0 saturated carbocycles. The Morgan fingerprint density at radius 3 is 2.61 bits per heavy atom. The summed E-state index contributed by atoms with van der Waals surface area (Å²) in [4.78, 5) is 35.2. The molecule has 0 aliphatic carbocycles. The van der Waals surface area contributed by atoms with Crippen LogP contribution in [-0.2, 0) is 16.1 Å². The molecule has 1 amide bonds. The van der Waals surface area contributed by atoms with Crippen molar-refractivity contribution in [2.45, 2.75) is 6.54 Å². The third kappa shape index (κ3) is 5.60. The average molecular weight is 425 g/mol. The predicted molar refractivity (Wildman–Crippen MR) is 111 cm³/mol. The average Bonchev–Trinajstić information content (AvgIpc) is 3.30. The van der Waals surface area contributed by atoms with Gasteiger partial charge in [-0.05, 0) is 36.4 Å². The van der Waals surface area contributed by atoms with E-state index in [0.29, 0.717) is 18.0 Å². The summed E-state index contributed by atoms with van der Waals surface area (Å²) >= 11 is 0. The number of rotatable bonds is 9. The number of nitrogens with zero attached hydrogens (tertiary/aromatic N) is 1. The summed E-state index contributed by atoms with van der Waals surface area (Å²) in [6.07, 6.45) is 1.54. The Labute approximate surface area is 176 Å². The van der Waals surface area contributed by atoms with Crippen LogP contribution in [0.25, 0.3) is 0 Å². The van der Waals surface area contributed by atoms with Crippen molar-refractivity contribution in [1.29, 1.82) is 0 Å². The van der Waals surface area contributed by atoms with E-state index in [1.807, 2.05) is 0 Å². The second-order valence-corrected chi connectivity index (χ2v) is 6.24. The first-order valence-electron chi connectivity index (χ1n) is 9.12. The molecule has 0 atom stereocenters. The molecule has 10 heteroatoms. The van der Waals surface area contributed by atoms with Gasteiger partial charge in [0.2, 0.25) is 0 Å². The summed E-state index contributed by atoms with van der Waals surface area (Å²) < 4.78 is 15.3. The molecule has 0 spiro atoms. The molecule has 0 aliphatic heterocycles. The normalized spacial score (nSPS) is 10.2. The lowest BCUT2D eigenvalue weighted by Gasteiger charge is -2.11. The van der Waals surface area contributed by atoms with Crippen molar-refractivity contribution in [1.82, 2.24) is 0 Å². The van der Waals surface area contributed by atoms with E-state index >= 15 is 0 Å². The van der Waals surface area contributed by atoms with Crippen molar-refractivity contribution in [2.75, 3.05) is 24.4 Å². The number of nitrogens with one attached hydrogen (secondary N) is 2. The molecule has 160 valence electrons. The van der Waals surface area contributed by atoms with E-state index < -0.39 is 23.4 Å². The van der Waals surface area contributed by atoms with Gasteiger partial charge in [0, 0.05) is 5.69 Å². The molecule has 0 fully saturated rings. The summed E-state index contributed by atoms with van der Waals surface area (Å²) in [5.74, 6) is -0.483. The van der Waals surface area contributed by atoms with Crippen LogP contribution >= 0.6 is 0 Å². The number of methoxy groups -OCH3 is 1. The first-order chi connectivity index (χ1) is 15.0. The summed E-state index contributed by atoms with van der Waals surface area (Å²) in [6, 6.07) is 14.2. The van der Waals surface area contributed by atoms with Crippen molar-refractivity contribution < 1.29 is 28.4 Å². The van der Waals surface area contributed by atoms with Gasteiger partial charge in [0.1, 0.15) is 17.2 Å². The molecule has 10 nitrogen and oxygen atoms in total. The molecule has 2 N–H and O–H groups in total. The highest BCUT2D eigenvalue weighted by atomic mass is 16.6. The van der Waals surface area contributed by atoms with Gasteiger partial charge in [0.15, 0.2) is 6.61 Å². The maximum absolute atomic E-state index is 12.5. The zero-order valence-electron chi connectivity index (χ0n) is 16.5. The number of anilines is 2. The smallest absolute Gasteiger partial charge is 0.340 e. The van der Waals surface area contributed by atoms with Crippen molar-refractivity contribution in [3.8, 4) is 5.75 Å². The highest BCUT2D eigenvalue weighted by molar-refractivity contribution is 5.99. The van der Waals surface area contributed by atoms with E-state index in [0.717, 1.165) is 0 Å². The van der Waals surface area contributed by atoms with Gasteiger partial charge in [0.05, 0.1) is 36.5 Å². The molecule has 0 aliphatic rings. The number of furan rings is 1. The Balaban J connectivity index is 1.61. The quantitative estimate of drug-likeness (QED) is 0.302. The molecule has 2 aromatic carbocycles. The van der Waals surface area contributed by atoms with E-state index in [9.17, 15) is 19.7 Å². The maximum atomic E-state index is 12.5. The summed E-state index contributed by atoms with van der Waals surface area (Å²) in [5.41, 5.74) is 0.367. The minimum Gasteiger partial charge on any atom is -0.496 e. The van der Waals surface area contributed by atoms with E-state index in [-0.39, 0.29) is 22.7 Å². The molecular weight excluding hydrogens is 406 g/mol. The molecule has 0 bridgehead atoms. The number of hydrogen-bond donors (Lipinski definition) is 2. The molecule has 3 rings (SSSR count). The van der Waals surface area contributed by atoms with Crippen LogP contribution in [0.4, 0.5) is 17.1 Å². The number of para-hydroxylation sites is 1. The molecule has 1 aromatic heterocycles. The second-order valence-electron chi connectivity index (χ2n) is 6.24. The van der Waals surface area contributed by atoms with Crippen LogP contribution in [0.5, 0.6) is 5.75 Å². The Kier molecular flexibility index (Phi) is 6.84. The van der Waals surface area contributed by atoms with Crippen molar-refractivity contribution >= 4 is 28.9 Å². The van der Waals surface area contributed by atoms with Gasteiger partial charge in [-0.15, -0.1) is 0 Å². The third-order valence-electron chi connectivity index (χ3n) is 4.19. The van der Waals surface area contributed by atoms with Crippen LogP contribution in [-0.4, -0.2) is 30.5 Å². The lowest BCUT2D eigenvalue weighted by molar-refractivity contribution is -0.384. The van der Waals surface area contributed by atoms with Gasteiger partial charge in [0.25, 0.3) is 11.6 Å². The van der Waals surface area contributed by atoms with Crippen molar-refractivity contribution in [3.63, 3.8) is 0 Å². The lowest BCUT2D eigenvalue weighted by Crippen LogP contribution is -2.22. The molecule has 0 radical (unpaired) electrons. The summed E-state index contributed by atoms with van der Waals surface area (Å²) in [7, 11) is 1.37. The topological polar surface area (TPSA) is 133 Å². The molecule has 31 heavy (non-hydrogen) atoms. The lowest BCUT2D eigenvalue weighted by atomic mass is 10.2. The Hall–Kier alpha value is -4.34. The number of carbonyl (C=O) groups excluding carboxylic acids is 2. The number of carbonyl (C=O) groups is 2. The number of benzene rings is 2. The van der Waals surface area contributed by atoms with Crippen LogP contribution in [0.2, 0.25) is 0 Å². The van der Waals surface area contributed by atoms with Gasteiger partial charge in [-0.3, -0.25) is 14.9 Å². The van der Waals surface area contributed by atoms with Crippen LogP contribution in [0.1, 0.15) is 16.1 Å². The van der Waals surface area contributed by atoms with Crippen LogP contribution < -0.4 is 15.4 Å². The van der Waals surface area contributed by atoms with Crippen LogP contribution in [0.3, 0.4) is 0 Å². The fraction of sp³-hybridized carbons (Fsp3) is 0.143. The minimum atomic E-state index is -0.720. The number of nitro benzene ring substituents is 1. The number of nitro groups is 1. The third-order valence-corrected chi connectivity index (χ3v) is 4.19. The van der Waals surface area contributed by atoms with Gasteiger partial charge in [-0.2, -0.15) is 0 Å². The molecule has 1 heterocycles. The molecular formula is C21H19N3O7. The summed E-state index contributed by atoms with van der Waals surface area (Å²) in [5, 5.41) is 16.6. The van der Waals surface area contributed by atoms with Crippen molar-refractivity contribution in [3.05, 3.63) is 82.3 Å². The number of esters is 1.